The smallest absolute Gasteiger partial charge is 0.316 e. The third-order valence-corrected chi connectivity index (χ3v) is 6.82. The number of aromatic nitrogens is 5. The summed E-state index contributed by atoms with van der Waals surface area (Å²) in [5.41, 5.74) is 2.00. The van der Waals surface area contributed by atoms with Crippen molar-refractivity contribution >= 4 is 28.3 Å². The van der Waals surface area contributed by atoms with Crippen LogP contribution in [0.15, 0.2) is 80.0 Å². The number of methoxy groups -OCH3 is 2. The Morgan fingerprint density at radius 2 is 1.77 bits per heavy atom. The quantitative estimate of drug-likeness (QED) is 0.220. The molecule has 0 aliphatic carbocycles. The second-order valence-electron chi connectivity index (χ2n) is 9.63. The number of fused-ring (bicyclic) bond motifs is 1. The molecule has 12 nitrogen and oxygen atoms in total. The fourth-order valence-electron chi connectivity index (χ4n) is 4.53. The van der Waals surface area contributed by atoms with Gasteiger partial charge in [0.1, 0.15) is 35.6 Å². The van der Waals surface area contributed by atoms with Gasteiger partial charge in [-0.2, -0.15) is 0 Å². The van der Waals surface area contributed by atoms with E-state index in [-0.39, 0.29) is 29.5 Å². The van der Waals surface area contributed by atoms with E-state index in [4.69, 9.17) is 18.9 Å². The highest BCUT2D eigenvalue weighted by Gasteiger charge is 2.31. The molecule has 1 fully saturated rings. The Balaban J connectivity index is 1.19. The minimum atomic E-state index is -0.557. The highest BCUT2D eigenvalue weighted by molar-refractivity contribution is 5.93. The number of halogens is 1. The predicted molar refractivity (Wildman–Crippen MR) is 159 cm³/mol. The van der Waals surface area contributed by atoms with Gasteiger partial charge in [0.15, 0.2) is 11.5 Å². The van der Waals surface area contributed by atoms with Gasteiger partial charge in [-0.05, 0) is 30.3 Å². The monoisotopic (exact) mass is 595 g/mol. The van der Waals surface area contributed by atoms with Crippen LogP contribution in [0.1, 0.15) is 0 Å². The number of anilines is 2. The summed E-state index contributed by atoms with van der Waals surface area (Å²) in [6.45, 7) is 4.37. The fourth-order valence-corrected chi connectivity index (χ4v) is 4.53. The van der Waals surface area contributed by atoms with Crippen LogP contribution in [0.2, 0.25) is 0 Å². The summed E-state index contributed by atoms with van der Waals surface area (Å²) < 4.78 is 37.8. The van der Waals surface area contributed by atoms with Gasteiger partial charge in [-0.1, -0.05) is 6.58 Å². The van der Waals surface area contributed by atoms with Gasteiger partial charge in [0.2, 0.25) is 5.91 Å². The average molecular weight is 596 g/mol. The number of pyridine rings is 1. The van der Waals surface area contributed by atoms with Gasteiger partial charge < -0.3 is 29.2 Å². The number of nitrogens with one attached hydrogen (secondary N) is 1. The van der Waals surface area contributed by atoms with Crippen LogP contribution in [0.3, 0.4) is 0 Å². The van der Waals surface area contributed by atoms with Crippen LogP contribution < -0.4 is 24.3 Å². The molecule has 1 saturated heterocycles. The van der Waals surface area contributed by atoms with E-state index in [9.17, 15) is 4.79 Å². The third-order valence-electron chi connectivity index (χ3n) is 6.82. The first kappa shape index (κ1) is 28.3. The molecule has 0 saturated carbocycles. The van der Waals surface area contributed by atoms with Crippen LogP contribution in [-0.2, 0) is 4.79 Å². The lowest BCUT2D eigenvalue weighted by molar-refractivity contribution is -0.134. The van der Waals surface area contributed by atoms with Crippen LogP contribution in [0.5, 0.6) is 29.0 Å². The second kappa shape index (κ2) is 12.2. The fraction of sp³-hybridized carbons (Fsp3) is 0.161. The number of likely N-dealkylation sites (tertiary alicyclic amines) is 1. The van der Waals surface area contributed by atoms with Crippen LogP contribution in [0, 0.1) is 5.82 Å². The number of hydrogen-bond donors (Lipinski definition) is 1. The summed E-state index contributed by atoms with van der Waals surface area (Å²) in [5, 5.41) is 3.64. The summed E-state index contributed by atoms with van der Waals surface area (Å²) in [6, 6.07) is 11.5. The molecule has 2 aromatic carbocycles. The van der Waals surface area contributed by atoms with Gasteiger partial charge in [0, 0.05) is 47.7 Å². The van der Waals surface area contributed by atoms with Crippen LogP contribution in [0.25, 0.3) is 22.2 Å². The van der Waals surface area contributed by atoms with Crippen molar-refractivity contribution in [3.63, 3.8) is 0 Å². The Morgan fingerprint density at radius 1 is 0.977 bits per heavy atom. The van der Waals surface area contributed by atoms with E-state index in [1.54, 1.807) is 59.9 Å². The van der Waals surface area contributed by atoms with Crippen molar-refractivity contribution in [3.8, 4) is 40.3 Å². The van der Waals surface area contributed by atoms with Crippen molar-refractivity contribution < 1.29 is 28.1 Å². The first-order chi connectivity index (χ1) is 21.4. The van der Waals surface area contributed by atoms with E-state index in [1.807, 2.05) is 0 Å². The van der Waals surface area contributed by atoms with Gasteiger partial charge in [-0.15, -0.1) is 0 Å². The van der Waals surface area contributed by atoms with E-state index in [1.165, 1.54) is 32.7 Å². The van der Waals surface area contributed by atoms with E-state index < -0.39 is 5.82 Å². The first-order valence-corrected chi connectivity index (χ1v) is 13.4. The maximum atomic E-state index is 15.3. The standard InChI is InChI=1S/C31H26FN7O5/c1-4-29(40)39-15-21(16-39)44-28-11-22-26(12-27(28)41-2)36-17-37-30(22)38-24-6-5-19(9-23(24)32)43-20-7-8-33-25(10-20)18-13-34-31(42-3)35-14-18/h4-14,17,21H,1,15-16H2,2-3H3,(H,36,37,38). The number of carbonyl (C=O) groups excluding carboxylic acids is 1. The van der Waals surface area contributed by atoms with Crippen molar-refractivity contribution in [1.29, 1.82) is 0 Å². The Morgan fingerprint density at radius 3 is 2.50 bits per heavy atom. The van der Waals surface area contributed by atoms with E-state index in [0.717, 1.165) is 0 Å². The largest absolute Gasteiger partial charge is 0.493 e. The van der Waals surface area contributed by atoms with E-state index >= 15 is 4.39 Å². The van der Waals surface area contributed by atoms with Gasteiger partial charge in [-0.3, -0.25) is 9.78 Å². The predicted octanol–water partition coefficient (Wildman–Crippen LogP) is 4.95. The molecule has 1 N–H and O–H groups in total. The Kier molecular flexibility index (Phi) is 7.82. The summed E-state index contributed by atoms with van der Waals surface area (Å²) in [5.74, 6) is 1.33. The molecule has 1 aliphatic rings. The highest BCUT2D eigenvalue weighted by atomic mass is 19.1. The molecular weight excluding hydrogens is 569 g/mol. The SMILES string of the molecule is C=CC(=O)N1CC(Oc2cc3c(Nc4ccc(Oc5ccnc(-c6cnc(OC)nc6)c5)cc4F)ncnc3cc2OC)C1. The van der Waals surface area contributed by atoms with Crippen molar-refractivity contribution in [1.82, 2.24) is 29.8 Å². The third kappa shape index (κ3) is 5.88. The zero-order valence-electron chi connectivity index (χ0n) is 23.7. The molecule has 3 aromatic heterocycles. The Labute approximate surface area is 251 Å². The van der Waals surface area contributed by atoms with Gasteiger partial charge >= 0.3 is 6.01 Å². The van der Waals surface area contributed by atoms with E-state index in [2.05, 4.69) is 36.8 Å². The number of amides is 1. The summed E-state index contributed by atoms with van der Waals surface area (Å²) in [6.07, 6.45) is 7.20. The molecule has 4 heterocycles. The topological polar surface area (TPSA) is 134 Å². The minimum Gasteiger partial charge on any atom is -0.493 e. The van der Waals surface area contributed by atoms with Gasteiger partial charge in [-0.25, -0.2) is 24.3 Å². The Bertz CT molecular complexity index is 1850. The second-order valence-corrected chi connectivity index (χ2v) is 9.63. The molecule has 13 heteroatoms. The number of ether oxygens (including phenoxy) is 4. The van der Waals surface area contributed by atoms with Crippen LogP contribution >= 0.6 is 0 Å². The lowest BCUT2D eigenvalue weighted by atomic mass is 10.1. The molecule has 0 bridgehead atoms. The highest BCUT2D eigenvalue weighted by Crippen LogP contribution is 2.37. The minimum absolute atomic E-state index is 0.150. The maximum absolute atomic E-state index is 15.3. The molecule has 0 spiro atoms. The number of hydrogen-bond acceptors (Lipinski definition) is 11. The van der Waals surface area contributed by atoms with Crippen molar-refractivity contribution in [3.05, 3.63) is 85.9 Å². The molecule has 0 atom stereocenters. The van der Waals surface area contributed by atoms with E-state index in [0.29, 0.717) is 58.3 Å². The summed E-state index contributed by atoms with van der Waals surface area (Å²) in [7, 11) is 3.02. The van der Waals surface area contributed by atoms with Crippen molar-refractivity contribution in [2.24, 2.45) is 0 Å². The lowest BCUT2D eigenvalue weighted by Gasteiger charge is -2.38. The molecule has 6 rings (SSSR count). The molecule has 0 radical (unpaired) electrons. The molecule has 0 unspecified atom stereocenters. The van der Waals surface area contributed by atoms with Crippen molar-refractivity contribution in [2.75, 3.05) is 32.6 Å². The number of nitrogens with zero attached hydrogens (tertiary/aromatic N) is 6. The number of rotatable bonds is 10. The Hall–Kier alpha value is -5.85. The normalized spacial score (nSPS) is 12.8. The lowest BCUT2D eigenvalue weighted by Crippen LogP contribution is -2.55. The van der Waals surface area contributed by atoms with Crippen LogP contribution in [0.4, 0.5) is 15.9 Å². The molecule has 1 amide bonds. The molecule has 5 aromatic rings. The van der Waals surface area contributed by atoms with Gasteiger partial charge in [0.05, 0.1) is 44.2 Å². The zero-order chi connectivity index (χ0) is 30.6. The van der Waals surface area contributed by atoms with Crippen molar-refractivity contribution in [2.45, 2.75) is 6.10 Å². The number of benzene rings is 2. The maximum Gasteiger partial charge on any atom is 0.316 e. The summed E-state index contributed by atoms with van der Waals surface area (Å²) >= 11 is 0. The molecule has 44 heavy (non-hydrogen) atoms. The average Bonchev–Trinajstić information content (AvgIpc) is 3.03. The first-order valence-electron chi connectivity index (χ1n) is 13.4. The zero-order valence-corrected chi connectivity index (χ0v) is 23.7. The molecular formula is C31H26FN7O5. The van der Waals surface area contributed by atoms with Gasteiger partial charge in [0.25, 0.3) is 0 Å². The number of carbonyl (C=O) groups is 1. The molecule has 222 valence electrons. The van der Waals surface area contributed by atoms with Crippen LogP contribution in [-0.4, -0.2) is 69.1 Å². The summed E-state index contributed by atoms with van der Waals surface area (Å²) in [4.78, 5) is 34.6. The molecule has 1 aliphatic heterocycles.